The molecular weight excluding hydrogens is 280 g/mol. The van der Waals surface area contributed by atoms with Gasteiger partial charge in [-0.1, -0.05) is 11.6 Å². The van der Waals surface area contributed by atoms with Gasteiger partial charge in [-0.2, -0.15) is 5.10 Å². The summed E-state index contributed by atoms with van der Waals surface area (Å²) in [5, 5.41) is 18.3. The molecule has 0 bridgehead atoms. The molecule has 1 N–H and O–H groups in total. The Morgan fingerprint density at radius 3 is 2.60 bits per heavy atom. The van der Waals surface area contributed by atoms with E-state index < -0.39 is 4.92 Å². The Morgan fingerprint density at radius 1 is 1.40 bits per heavy atom. The maximum atomic E-state index is 10.6. The molecule has 2 aromatic rings. The van der Waals surface area contributed by atoms with Crippen LogP contribution in [0, 0.1) is 10.1 Å². The lowest BCUT2D eigenvalue weighted by Gasteiger charge is -2.18. The molecule has 0 unspecified atom stereocenters. The van der Waals surface area contributed by atoms with Gasteiger partial charge in [-0.15, -0.1) is 0 Å². The number of nitrogens with zero attached hydrogens (tertiary/aromatic N) is 3. The maximum absolute atomic E-state index is 10.6. The molecule has 6 nitrogen and oxygen atoms in total. The van der Waals surface area contributed by atoms with Crippen LogP contribution in [0.3, 0.4) is 0 Å². The minimum Gasteiger partial charge on any atom is -0.352 e. The number of nitro benzene ring substituents is 1. The lowest BCUT2D eigenvalue weighted by molar-refractivity contribution is -0.384. The van der Waals surface area contributed by atoms with E-state index in [1.807, 2.05) is 31.6 Å². The summed E-state index contributed by atoms with van der Waals surface area (Å²) < 4.78 is 1.83. The van der Waals surface area contributed by atoms with Gasteiger partial charge in [0.25, 0.3) is 5.69 Å². The van der Waals surface area contributed by atoms with Crippen LogP contribution in [0.5, 0.6) is 0 Å². The van der Waals surface area contributed by atoms with Crippen LogP contribution in [0.1, 0.15) is 20.8 Å². The van der Waals surface area contributed by atoms with Crippen molar-refractivity contribution in [2.75, 3.05) is 5.32 Å². The fourth-order valence-corrected chi connectivity index (χ4v) is 1.85. The summed E-state index contributed by atoms with van der Waals surface area (Å²) in [7, 11) is 0. The molecule has 1 heterocycles. The molecule has 1 aromatic carbocycles. The molecular formula is C13H15ClN4O2. The molecule has 0 aliphatic rings. The fraction of sp³-hybridized carbons (Fsp3) is 0.308. The van der Waals surface area contributed by atoms with Crippen molar-refractivity contribution in [1.29, 1.82) is 0 Å². The van der Waals surface area contributed by atoms with Gasteiger partial charge in [0.1, 0.15) is 0 Å². The standard InChI is InChI=1S/C13H15ClN4O2/c1-13(2,3)17-8-9(7-15-17)16-12-5-4-10(18(19)20)6-11(12)14/h4-8,16H,1-3H3. The second-order valence-electron chi connectivity index (χ2n) is 5.39. The van der Waals surface area contributed by atoms with Gasteiger partial charge in [0, 0.05) is 18.3 Å². The van der Waals surface area contributed by atoms with Gasteiger partial charge in [0.05, 0.1) is 33.1 Å². The van der Waals surface area contributed by atoms with Crippen LogP contribution < -0.4 is 5.32 Å². The number of aromatic nitrogens is 2. The van der Waals surface area contributed by atoms with E-state index in [9.17, 15) is 10.1 Å². The largest absolute Gasteiger partial charge is 0.352 e. The zero-order valence-corrected chi connectivity index (χ0v) is 12.2. The first kappa shape index (κ1) is 14.3. The van der Waals surface area contributed by atoms with E-state index in [4.69, 9.17) is 11.6 Å². The number of nitro groups is 1. The lowest BCUT2D eigenvalue weighted by Crippen LogP contribution is -2.21. The second kappa shape index (κ2) is 5.13. The molecule has 0 amide bonds. The quantitative estimate of drug-likeness (QED) is 0.687. The molecule has 1 aromatic heterocycles. The molecule has 0 fully saturated rings. The monoisotopic (exact) mass is 294 g/mol. The third-order valence-electron chi connectivity index (χ3n) is 2.71. The highest BCUT2D eigenvalue weighted by molar-refractivity contribution is 6.33. The second-order valence-corrected chi connectivity index (χ2v) is 5.80. The maximum Gasteiger partial charge on any atom is 0.271 e. The van der Waals surface area contributed by atoms with Gasteiger partial charge in [-0.3, -0.25) is 14.8 Å². The van der Waals surface area contributed by atoms with E-state index in [0.29, 0.717) is 10.7 Å². The fourth-order valence-electron chi connectivity index (χ4n) is 1.63. The summed E-state index contributed by atoms with van der Waals surface area (Å²) in [4.78, 5) is 10.2. The smallest absolute Gasteiger partial charge is 0.271 e. The number of nitrogens with one attached hydrogen (secondary N) is 1. The Hall–Kier alpha value is -2.08. The van der Waals surface area contributed by atoms with E-state index in [1.165, 1.54) is 12.1 Å². The van der Waals surface area contributed by atoms with Crippen LogP contribution >= 0.6 is 11.6 Å². The molecule has 20 heavy (non-hydrogen) atoms. The summed E-state index contributed by atoms with van der Waals surface area (Å²) in [6.45, 7) is 6.13. The highest BCUT2D eigenvalue weighted by Crippen LogP contribution is 2.29. The number of rotatable bonds is 3. The number of halogens is 1. The van der Waals surface area contributed by atoms with Gasteiger partial charge in [0.15, 0.2) is 0 Å². The molecule has 0 aliphatic carbocycles. The minimum atomic E-state index is -0.479. The van der Waals surface area contributed by atoms with Gasteiger partial charge >= 0.3 is 0 Å². The molecule has 0 spiro atoms. The number of anilines is 2. The predicted octanol–water partition coefficient (Wildman–Crippen LogP) is 3.94. The third-order valence-corrected chi connectivity index (χ3v) is 3.03. The third kappa shape index (κ3) is 3.08. The Bertz CT molecular complexity index is 646. The van der Waals surface area contributed by atoms with Crippen LogP contribution in [-0.4, -0.2) is 14.7 Å². The van der Waals surface area contributed by atoms with Crippen molar-refractivity contribution < 1.29 is 4.92 Å². The summed E-state index contributed by atoms with van der Waals surface area (Å²) >= 11 is 6.03. The van der Waals surface area contributed by atoms with Crippen LogP contribution in [0.4, 0.5) is 17.1 Å². The Kier molecular flexibility index (Phi) is 3.67. The van der Waals surface area contributed by atoms with Crippen molar-refractivity contribution in [3.63, 3.8) is 0 Å². The SMILES string of the molecule is CC(C)(C)n1cc(Nc2ccc([N+](=O)[O-])cc2Cl)cn1. The molecule has 0 aliphatic heterocycles. The number of non-ortho nitro benzene ring substituents is 1. The molecule has 0 saturated carbocycles. The molecule has 2 rings (SSSR count). The van der Waals surface area contributed by atoms with E-state index in [2.05, 4.69) is 10.4 Å². The van der Waals surface area contributed by atoms with Crippen LogP contribution in [0.15, 0.2) is 30.6 Å². The van der Waals surface area contributed by atoms with E-state index >= 15 is 0 Å². The van der Waals surface area contributed by atoms with Crippen LogP contribution in [-0.2, 0) is 5.54 Å². The number of hydrogen-bond acceptors (Lipinski definition) is 4. The molecule has 0 saturated heterocycles. The average Bonchev–Trinajstić information content (AvgIpc) is 2.80. The van der Waals surface area contributed by atoms with Crippen molar-refractivity contribution >= 4 is 28.7 Å². The predicted molar refractivity (Wildman–Crippen MR) is 78.6 cm³/mol. The van der Waals surface area contributed by atoms with E-state index in [-0.39, 0.29) is 11.2 Å². The van der Waals surface area contributed by atoms with Crippen molar-refractivity contribution in [2.45, 2.75) is 26.3 Å². The van der Waals surface area contributed by atoms with Crippen LogP contribution in [0.25, 0.3) is 0 Å². The summed E-state index contributed by atoms with van der Waals surface area (Å²) in [6, 6.07) is 4.30. The average molecular weight is 295 g/mol. The van der Waals surface area contributed by atoms with Crippen molar-refractivity contribution in [1.82, 2.24) is 9.78 Å². The van der Waals surface area contributed by atoms with Gasteiger partial charge < -0.3 is 5.32 Å². The van der Waals surface area contributed by atoms with Crippen molar-refractivity contribution in [2.24, 2.45) is 0 Å². The number of benzene rings is 1. The Labute approximate surface area is 121 Å². The van der Waals surface area contributed by atoms with E-state index in [1.54, 1.807) is 12.3 Å². The summed E-state index contributed by atoms with van der Waals surface area (Å²) in [5.74, 6) is 0. The van der Waals surface area contributed by atoms with Gasteiger partial charge in [0.2, 0.25) is 0 Å². The Balaban J connectivity index is 2.22. The lowest BCUT2D eigenvalue weighted by atomic mass is 10.1. The van der Waals surface area contributed by atoms with Crippen molar-refractivity contribution in [3.8, 4) is 0 Å². The zero-order valence-electron chi connectivity index (χ0n) is 11.4. The summed E-state index contributed by atoms with van der Waals surface area (Å²) in [6.07, 6.45) is 3.54. The molecule has 0 atom stereocenters. The molecule has 7 heteroatoms. The minimum absolute atomic E-state index is 0.0362. The Morgan fingerprint density at radius 2 is 2.10 bits per heavy atom. The van der Waals surface area contributed by atoms with Gasteiger partial charge in [-0.05, 0) is 26.8 Å². The first-order valence-electron chi connectivity index (χ1n) is 6.03. The first-order chi connectivity index (χ1) is 9.27. The zero-order chi connectivity index (χ0) is 14.9. The summed E-state index contributed by atoms with van der Waals surface area (Å²) in [5.41, 5.74) is 1.23. The van der Waals surface area contributed by atoms with E-state index in [0.717, 1.165) is 5.69 Å². The number of hydrogen-bond donors (Lipinski definition) is 1. The topological polar surface area (TPSA) is 73.0 Å². The van der Waals surface area contributed by atoms with Crippen LogP contribution in [0.2, 0.25) is 5.02 Å². The molecule has 0 radical (unpaired) electrons. The highest BCUT2D eigenvalue weighted by Gasteiger charge is 2.15. The first-order valence-corrected chi connectivity index (χ1v) is 6.41. The highest BCUT2D eigenvalue weighted by atomic mass is 35.5. The molecule has 106 valence electrons. The van der Waals surface area contributed by atoms with Gasteiger partial charge in [-0.25, -0.2) is 0 Å². The van der Waals surface area contributed by atoms with Crippen molar-refractivity contribution in [3.05, 3.63) is 45.7 Å². The normalized spacial score (nSPS) is 11.4.